The van der Waals surface area contributed by atoms with Gasteiger partial charge in [-0.1, -0.05) is 0 Å². The Labute approximate surface area is 48.7 Å². The van der Waals surface area contributed by atoms with E-state index >= 15 is 0 Å². The van der Waals surface area contributed by atoms with E-state index in [1.807, 2.05) is 0 Å². The fourth-order valence-corrected chi connectivity index (χ4v) is 0. The Morgan fingerprint density at radius 2 is 2.25 bits per heavy atom. The first-order chi connectivity index (χ1) is 1.91. The Balaban J connectivity index is 2.30. The van der Waals surface area contributed by atoms with Crippen molar-refractivity contribution in [2.45, 2.75) is 0 Å². The third-order valence-corrected chi connectivity index (χ3v) is 0.532. The first kappa shape index (κ1) is 5.09. The van der Waals surface area contributed by atoms with Crippen LogP contribution in [-0.2, 0) is 0 Å². The minimum absolute atomic E-state index is 0.250. The van der Waals surface area contributed by atoms with Crippen LogP contribution in [0.2, 0.25) is 0 Å². The number of aliphatic hydroxyl groups is 1. The van der Waals surface area contributed by atoms with Gasteiger partial charge in [-0.15, -0.1) is 0 Å². The van der Waals surface area contributed by atoms with E-state index in [1.165, 1.54) is 0 Å². The van der Waals surface area contributed by atoms with Gasteiger partial charge in [0.2, 0.25) is 0 Å². The molecule has 2 heteroatoms. The third-order valence-electron chi connectivity index (χ3n) is 0.129. The van der Waals surface area contributed by atoms with Crippen molar-refractivity contribution in [1.82, 2.24) is 0 Å². The molecule has 0 saturated heterocycles. The van der Waals surface area contributed by atoms with Gasteiger partial charge in [0.15, 0.2) is 0 Å². The van der Waals surface area contributed by atoms with Gasteiger partial charge in [0.05, 0.1) is 0 Å². The average Bonchev–Trinajstić information content (AvgIpc) is 1.37. The van der Waals surface area contributed by atoms with Crippen LogP contribution in [0.5, 0.6) is 0 Å². The fourth-order valence-electron chi connectivity index (χ4n) is 0. The van der Waals surface area contributed by atoms with Gasteiger partial charge in [-0.2, -0.15) is 0 Å². The van der Waals surface area contributed by atoms with E-state index in [0.717, 1.165) is 35.3 Å². The molecule has 4 heavy (non-hydrogen) atoms. The van der Waals surface area contributed by atoms with E-state index in [2.05, 4.69) is 0 Å². The van der Waals surface area contributed by atoms with Gasteiger partial charge in [-0.3, -0.25) is 0 Å². The molecule has 1 nitrogen and oxygen atoms in total. The topological polar surface area (TPSA) is 20.2 Å². The van der Waals surface area contributed by atoms with Gasteiger partial charge in [0.1, 0.15) is 0 Å². The summed E-state index contributed by atoms with van der Waals surface area (Å²) in [6, 6.07) is 0. The van der Waals surface area contributed by atoms with Gasteiger partial charge in [0, 0.05) is 0 Å². The van der Waals surface area contributed by atoms with E-state index in [9.17, 15) is 0 Å². The quantitative estimate of drug-likeness (QED) is 0.402. The van der Waals surface area contributed by atoms with E-state index in [1.54, 1.807) is 2.08 Å². The maximum atomic E-state index is 7.85. The predicted octanol–water partition coefficient (Wildman–Crippen LogP) is -1.05. The summed E-state index contributed by atoms with van der Waals surface area (Å²) in [7, 11) is 0. The summed E-state index contributed by atoms with van der Waals surface area (Å²) >= 11 is 1.09. The Morgan fingerprint density at radius 3 is 2.25 bits per heavy atom. The first-order valence-electron chi connectivity index (χ1n) is 1.13. The Bertz CT molecular complexity index is 20.0. The molecule has 0 aliphatic rings. The molecular weight excluding hydrogens is 80.1 g/mol. The second-order valence-corrected chi connectivity index (χ2v) is 1.37. The molecule has 0 radical (unpaired) electrons. The number of aliphatic hydroxyl groups excluding tert-OH is 1. The number of rotatable bonds is 1. The van der Waals surface area contributed by atoms with Crippen molar-refractivity contribution in [3.8, 4) is 0 Å². The molecule has 0 aromatic heterocycles. The van der Waals surface area contributed by atoms with Gasteiger partial charge >= 0.3 is 49.1 Å². The summed E-state index contributed by atoms with van der Waals surface area (Å²) in [5, 5.41) is 7.85. The zero-order valence-electron chi connectivity index (χ0n) is 2.44. The molecule has 0 amide bonds. The summed E-state index contributed by atoms with van der Waals surface area (Å²) < 4.78 is 1.81. The van der Waals surface area contributed by atoms with Crippen LogP contribution in [0.1, 0.15) is 0 Å². The van der Waals surface area contributed by atoms with Crippen molar-refractivity contribution in [2.24, 2.45) is 0 Å². The molecular formula is C2H4CaO. The third kappa shape index (κ3) is 3.09. The molecule has 0 bridgehead atoms. The molecule has 0 rings (SSSR count). The van der Waals surface area contributed by atoms with Crippen molar-refractivity contribution in [3.63, 3.8) is 0 Å². The van der Waals surface area contributed by atoms with Gasteiger partial charge in [-0.05, 0) is 0 Å². The summed E-state index contributed by atoms with van der Waals surface area (Å²) in [4.78, 5) is 0. The zero-order chi connectivity index (χ0) is 3.41. The molecule has 0 heterocycles. The molecule has 0 spiro atoms. The number of hydrogen-bond donors (Lipinski definition) is 1. The SMILES string of the molecule is OC[CH]=[Ca]. The van der Waals surface area contributed by atoms with Crippen LogP contribution in [-0.4, -0.2) is 49.1 Å². The van der Waals surface area contributed by atoms with Crippen molar-refractivity contribution in [1.29, 1.82) is 0 Å². The van der Waals surface area contributed by atoms with Crippen LogP contribution in [0.15, 0.2) is 0 Å². The predicted molar refractivity (Wildman–Crippen MR) is 18.9 cm³/mol. The minimum atomic E-state index is 0.250. The summed E-state index contributed by atoms with van der Waals surface area (Å²) in [5.41, 5.74) is 0. The van der Waals surface area contributed by atoms with E-state index < -0.39 is 0 Å². The molecule has 1 N–H and O–H groups in total. The van der Waals surface area contributed by atoms with Gasteiger partial charge in [-0.25, -0.2) is 0 Å². The molecule has 0 aromatic rings. The second-order valence-electron chi connectivity index (χ2n) is 0.471. The van der Waals surface area contributed by atoms with E-state index in [-0.39, 0.29) is 6.61 Å². The number of hydrogen-bond acceptors (Lipinski definition) is 1. The molecule has 20 valence electrons. The molecule has 0 fully saturated rings. The Hall–Kier alpha value is 1.09. The molecule has 0 aliphatic heterocycles. The fraction of sp³-hybridized carbons (Fsp3) is 0.500. The van der Waals surface area contributed by atoms with E-state index in [4.69, 9.17) is 5.11 Å². The van der Waals surface area contributed by atoms with Gasteiger partial charge < -0.3 is 0 Å². The van der Waals surface area contributed by atoms with Crippen LogP contribution in [0.25, 0.3) is 0 Å². The van der Waals surface area contributed by atoms with E-state index in [0.29, 0.717) is 0 Å². The van der Waals surface area contributed by atoms with Crippen molar-refractivity contribution >= 4 is 37.3 Å². The molecule has 0 saturated carbocycles. The normalized spacial score (nSPS) is 6.75. The van der Waals surface area contributed by atoms with Crippen molar-refractivity contribution in [3.05, 3.63) is 0 Å². The van der Waals surface area contributed by atoms with Crippen LogP contribution in [0.3, 0.4) is 0 Å². The monoisotopic (exact) mass is 84.0 g/mol. The van der Waals surface area contributed by atoms with Gasteiger partial charge in [0.25, 0.3) is 0 Å². The van der Waals surface area contributed by atoms with Crippen molar-refractivity contribution < 1.29 is 5.11 Å². The first-order valence-corrected chi connectivity index (χ1v) is 2.41. The summed E-state index contributed by atoms with van der Waals surface area (Å²) in [5.74, 6) is 0. The second kappa shape index (κ2) is 4.09. The average molecular weight is 84.1 g/mol. The Morgan fingerprint density at radius 1 is 2.00 bits per heavy atom. The molecule has 0 unspecified atom stereocenters. The van der Waals surface area contributed by atoms with Crippen LogP contribution >= 0.6 is 0 Å². The zero-order valence-corrected chi connectivity index (χ0v) is 4.65. The molecule has 0 atom stereocenters. The molecule has 0 aliphatic carbocycles. The standard InChI is InChI=1S/C2H4O.Ca/c1-2-3;/h1,3H,2H2;. The van der Waals surface area contributed by atoms with Crippen LogP contribution in [0.4, 0.5) is 0 Å². The molecule has 0 aromatic carbocycles. The van der Waals surface area contributed by atoms with Crippen molar-refractivity contribution in [2.75, 3.05) is 6.61 Å². The van der Waals surface area contributed by atoms with Crippen LogP contribution in [0, 0.1) is 0 Å². The summed E-state index contributed by atoms with van der Waals surface area (Å²) in [6.07, 6.45) is 0. The Kier molecular flexibility index (Phi) is 5.20. The van der Waals surface area contributed by atoms with Crippen LogP contribution < -0.4 is 0 Å². The summed E-state index contributed by atoms with van der Waals surface area (Å²) in [6.45, 7) is 0.250. The maximum absolute atomic E-state index is 7.85.